The second-order valence-electron chi connectivity index (χ2n) is 5.72. The molecule has 0 aromatic heterocycles. The summed E-state index contributed by atoms with van der Waals surface area (Å²) >= 11 is 0. The Morgan fingerprint density at radius 3 is 1.65 bits per heavy atom. The van der Waals surface area contributed by atoms with Gasteiger partial charge in [-0.05, 0) is 18.8 Å². The molecule has 1 unspecified atom stereocenters. The van der Waals surface area contributed by atoms with Gasteiger partial charge in [0.25, 0.3) is 0 Å². The first-order valence-corrected chi connectivity index (χ1v) is 7.85. The van der Waals surface area contributed by atoms with E-state index in [0.717, 1.165) is 18.8 Å². The van der Waals surface area contributed by atoms with E-state index in [0.29, 0.717) is 0 Å². The molecule has 0 nitrogen and oxygen atoms in total. The van der Waals surface area contributed by atoms with Gasteiger partial charge in [0.1, 0.15) is 0 Å². The Bertz CT molecular complexity index is 218. The molecule has 0 saturated carbocycles. The molecule has 1 atom stereocenters. The Morgan fingerprint density at radius 1 is 0.588 bits per heavy atom. The van der Waals surface area contributed by atoms with Gasteiger partial charge in [-0.25, -0.2) is 0 Å². The van der Waals surface area contributed by atoms with E-state index in [2.05, 4.69) is 18.8 Å². The summed E-state index contributed by atoms with van der Waals surface area (Å²) in [6, 6.07) is 0. The maximum absolute atomic E-state index is 3.33. The van der Waals surface area contributed by atoms with Crippen molar-refractivity contribution in [2.45, 2.75) is 90.4 Å². The third kappa shape index (κ3) is 9.28. The molecule has 0 aliphatic heterocycles. The van der Waals surface area contributed by atoms with Crippen molar-refractivity contribution in [1.82, 2.24) is 0 Å². The van der Waals surface area contributed by atoms with Crippen LogP contribution >= 0.6 is 0 Å². The van der Waals surface area contributed by atoms with Crippen LogP contribution in [0.3, 0.4) is 0 Å². The summed E-state index contributed by atoms with van der Waals surface area (Å²) in [6.07, 6.45) is 17.8. The lowest BCUT2D eigenvalue weighted by Gasteiger charge is -2.10. The quantitative estimate of drug-likeness (QED) is 0.471. The topological polar surface area (TPSA) is 0 Å². The van der Waals surface area contributed by atoms with E-state index in [4.69, 9.17) is 0 Å². The average Bonchev–Trinajstić information content (AvgIpc) is 2.32. The van der Waals surface area contributed by atoms with Gasteiger partial charge < -0.3 is 0 Å². The Labute approximate surface area is 109 Å². The zero-order valence-corrected chi connectivity index (χ0v) is 11.8. The molecule has 0 saturated heterocycles. The number of rotatable bonds is 0. The lowest BCUT2D eigenvalue weighted by Crippen LogP contribution is -1.95. The van der Waals surface area contributed by atoms with Crippen LogP contribution in [-0.4, -0.2) is 0 Å². The lowest BCUT2D eigenvalue weighted by atomic mass is 9.96. The monoisotopic (exact) mass is 234 g/mol. The molecule has 0 aromatic carbocycles. The highest BCUT2D eigenvalue weighted by Crippen LogP contribution is 2.18. The average molecular weight is 234 g/mol. The van der Waals surface area contributed by atoms with Crippen molar-refractivity contribution in [3.05, 3.63) is 0 Å². The van der Waals surface area contributed by atoms with Gasteiger partial charge in [0.2, 0.25) is 0 Å². The van der Waals surface area contributed by atoms with Crippen LogP contribution in [0.1, 0.15) is 90.4 Å². The molecule has 0 spiro atoms. The SMILES string of the molecule is CC1CCCCC#CCCCCCCCCC1. The van der Waals surface area contributed by atoms with Crippen molar-refractivity contribution in [3.63, 3.8) is 0 Å². The van der Waals surface area contributed by atoms with Crippen molar-refractivity contribution < 1.29 is 0 Å². The van der Waals surface area contributed by atoms with Gasteiger partial charge in [0, 0.05) is 12.8 Å². The third-order valence-electron chi connectivity index (χ3n) is 3.87. The van der Waals surface area contributed by atoms with Crippen molar-refractivity contribution in [2.24, 2.45) is 5.92 Å². The minimum absolute atomic E-state index is 0.941. The standard InChI is InChI=1S/C17H30/c1-17-15-13-11-9-7-5-3-2-4-6-8-10-12-14-16-17/h17H,2-5,7,9-16H2,1H3. The summed E-state index contributed by atoms with van der Waals surface area (Å²) in [5.41, 5.74) is 0. The highest BCUT2D eigenvalue weighted by molar-refractivity contribution is 4.98. The van der Waals surface area contributed by atoms with E-state index in [1.54, 1.807) is 0 Å². The Kier molecular flexibility index (Phi) is 9.20. The molecular weight excluding hydrogens is 204 g/mol. The van der Waals surface area contributed by atoms with Crippen LogP contribution in [-0.2, 0) is 0 Å². The molecule has 0 fully saturated rings. The first kappa shape index (κ1) is 14.6. The fraction of sp³-hybridized carbons (Fsp3) is 0.882. The zero-order valence-electron chi connectivity index (χ0n) is 11.8. The lowest BCUT2D eigenvalue weighted by molar-refractivity contribution is 0.438. The Hall–Kier alpha value is -0.440. The summed E-state index contributed by atoms with van der Waals surface area (Å²) in [4.78, 5) is 0. The van der Waals surface area contributed by atoms with Gasteiger partial charge in [-0.2, -0.15) is 0 Å². The summed E-state index contributed by atoms with van der Waals surface area (Å²) < 4.78 is 0. The second-order valence-corrected chi connectivity index (χ2v) is 5.72. The fourth-order valence-corrected chi connectivity index (χ4v) is 2.62. The fourth-order valence-electron chi connectivity index (χ4n) is 2.62. The van der Waals surface area contributed by atoms with Gasteiger partial charge >= 0.3 is 0 Å². The largest absolute Gasteiger partial charge is 0.103 e. The van der Waals surface area contributed by atoms with Crippen LogP contribution in [0.25, 0.3) is 0 Å². The molecule has 1 aliphatic carbocycles. The number of hydrogen-bond acceptors (Lipinski definition) is 0. The van der Waals surface area contributed by atoms with Crippen LogP contribution in [0.5, 0.6) is 0 Å². The van der Waals surface area contributed by atoms with Crippen molar-refractivity contribution in [3.8, 4) is 11.8 Å². The molecule has 0 bridgehead atoms. The second kappa shape index (κ2) is 10.7. The zero-order chi connectivity index (χ0) is 12.2. The minimum atomic E-state index is 0.941. The van der Waals surface area contributed by atoms with Crippen molar-refractivity contribution >= 4 is 0 Å². The van der Waals surface area contributed by atoms with Crippen LogP contribution in [0.2, 0.25) is 0 Å². The van der Waals surface area contributed by atoms with Gasteiger partial charge in [0.05, 0.1) is 0 Å². The van der Waals surface area contributed by atoms with Crippen LogP contribution in [0.4, 0.5) is 0 Å². The van der Waals surface area contributed by atoms with E-state index in [1.165, 1.54) is 70.6 Å². The molecule has 0 heterocycles. The predicted octanol–water partition coefficient (Wildman–Crippen LogP) is 5.71. The Morgan fingerprint density at radius 2 is 1.00 bits per heavy atom. The first-order valence-electron chi connectivity index (χ1n) is 7.85. The molecule has 0 amide bonds. The van der Waals surface area contributed by atoms with E-state index in [9.17, 15) is 0 Å². The Balaban J connectivity index is 2.19. The van der Waals surface area contributed by atoms with Crippen LogP contribution in [0, 0.1) is 17.8 Å². The maximum Gasteiger partial charge on any atom is 0.00886 e. The molecule has 0 N–H and O–H groups in total. The summed E-state index contributed by atoms with van der Waals surface area (Å²) in [6.45, 7) is 2.43. The van der Waals surface area contributed by atoms with Crippen molar-refractivity contribution in [1.29, 1.82) is 0 Å². The minimum Gasteiger partial charge on any atom is -0.103 e. The molecule has 98 valence electrons. The van der Waals surface area contributed by atoms with Crippen molar-refractivity contribution in [2.75, 3.05) is 0 Å². The van der Waals surface area contributed by atoms with Gasteiger partial charge in [-0.1, -0.05) is 64.7 Å². The number of hydrogen-bond donors (Lipinski definition) is 0. The van der Waals surface area contributed by atoms with Gasteiger partial charge in [0.15, 0.2) is 0 Å². The van der Waals surface area contributed by atoms with E-state index in [1.807, 2.05) is 0 Å². The molecule has 1 aliphatic rings. The molecule has 0 heteroatoms. The maximum atomic E-state index is 3.33. The van der Waals surface area contributed by atoms with Crippen LogP contribution < -0.4 is 0 Å². The van der Waals surface area contributed by atoms with Gasteiger partial charge in [-0.3, -0.25) is 0 Å². The molecule has 0 aromatic rings. The van der Waals surface area contributed by atoms with E-state index in [-0.39, 0.29) is 0 Å². The summed E-state index contributed by atoms with van der Waals surface area (Å²) in [7, 11) is 0. The summed E-state index contributed by atoms with van der Waals surface area (Å²) in [5.74, 6) is 7.60. The molecule has 0 radical (unpaired) electrons. The van der Waals surface area contributed by atoms with E-state index < -0.39 is 0 Å². The van der Waals surface area contributed by atoms with Crippen LogP contribution in [0.15, 0.2) is 0 Å². The highest BCUT2D eigenvalue weighted by Gasteiger charge is 2.01. The normalized spacial score (nSPS) is 25.8. The summed E-state index contributed by atoms with van der Waals surface area (Å²) in [5, 5.41) is 0. The molecule has 17 heavy (non-hydrogen) atoms. The molecule has 1 rings (SSSR count). The predicted molar refractivity (Wildman–Crippen MR) is 77.0 cm³/mol. The third-order valence-corrected chi connectivity index (χ3v) is 3.87. The molecular formula is C17H30. The smallest absolute Gasteiger partial charge is 0.00886 e. The van der Waals surface area contributed by atoms with E-state index >= 15 is 0 Å². The highest BCUT2D eigenvalue weighted by atomic mass is 14.1. The first-order chi connectivity index (χ1) is 8.39. The van der Waals surface area contributed by atoms with Gasteiger partial charge in [-0.15, -0.1) is 11.8 Å².